The Labute approximate surface area is 135 Å². The molecule has 0 fully saturated rings. The summed E-state index contributed by atoms with van der Waals surface area (Å²) in [6.45, 7) is 4.07. The van der Waals surface area contributed by atoms with Crippen molar-refractivity contribution in [2.45, 2.75) is 13.8 Å². The molecule has 1 aromatic carbocycles. The minimum Gasteiger partial charge on any atom is -0.298 e. The fourth-order valence-corrected chi connectivity index (χ4v) is 3.45. The monoisotopic (exact) mass is 323 g/mol. The van der Waals surface area contributed by atoms with Crippen molar-refractivity contribution in [1.29, 1.82) is 0 Å². The lowest BCUT2D eigenvalue weighted by molar-refractivity contribution is 0.102. The number of benzene rings is 1. The van der Waals surface area contributed by atoms with E-state index in [0.717, 1.165) is 21.3 Å². The number of hydrogen-bond acceptors (Lipinski definition) is 5. The lowest BCUT2D eigenvalue weighted by Crippen LogP contribution is -2.12. The van der Waals surface area contributed by atoms with Gasteiger partial charge in [-0.05, 0) is 37.1 Å². The third-order valence-corrected chi connectivity index (χ3v) is 4.82. The molecule has 0 spiro atoms. The van der Waals surface area contributed by atoms with Crippen LogP contribution in [0.4, 0.5) is 5.13 Å². The molecule has 3 heterocycles. The minimum absolute atomic E-state index is 0.199. The number of rotatable bonds is 2. The molecule has 0 radical (unpaired) electrons. The molecule has 7 heteroatoms. The van der Waals surface area contributed by atoms with Crippen LogP contribution in [0, 0.1) is 13.8 Å². The second-order valence-corrected chi connectivity index (χ2v) is 6.36. The molecule has 4 rings (SSSR count). The Kier molecular flexibility index (Phi) is 3.09. The Balaban J connectivity index is 1.68. The number of aryl methyl sites for hydroxylation is 2. The summed E-state index contributed by atoms with van der Waals surface area (Å²) in [7, 11) is 0. The molecule has 0 aliphatic rings. The molecule has 0 atom stereocenters. The van der Waals surface area contributed by atoms with Gasteiger partial charge in [-0.3, -0.25) is 14.5 Å². The van der Waals surface area contributed by atoms with Gasteiger partial charge >= 0.3 is 0 Å². The van der Waals surface area contributed by atoms with E-state index in [9.17, 15) is 4.79 Å². The summed E-state index contributed by atoms with van der Waals surface area (Å²) in [6, 6.07) is 7.60. The molecule has 6 nitrogen and oxygen atoms in total. The Hall–Kier alpha value is -2.80. The third-order valence-electron chi connectivity index (χ3n) is 3.72. The number of nitrogens with zero attached hydrogens (tertiary/aromatic N) is 4. The molecule has 114 valence electrons. The van der Waals surface area contributed by atoms with Crippen LogP contribution in [0.3, 0.4) is 0 Å². The predicted octanol–water partition coefficient (Wildman–Crippen LogP) is 3.21. The van der Waals surface area contributed by atoms with Gasteiger partial charge in [0, 0.05) is 6.20 Å². The Morgan fingerprint density at radius 1 is 1.17 bits per heavy atom. The lowest BCUT2D eigenvalue weighted by Gasteiger charge is -2.01. The fourth-order valence-electron chi connectivity index (χ4n) is 2.44. The highest BCUT2D eigenvalue weighted by atomic mass is 32.1. The summed E-state index contributed by atoms with van der Waals surface area (Å²) in [4.78, 5) is 17.0. The number of carbonyl (C=O) groups excluding carboxylic acids is 1. The maximum Gasteiger partial charge on any atom is 0.258 e. The van der Waals surface area contributed by atoms with Crippen molar-refractivity contribution in [3.63, 3.8) is 0 Å². The minimum atomic E-state index is -0.199. The van der Waals surface area contributed by atoms with E-state index in [1.54, 1.807) is 29.1 Å². The van der Waals surface area contributed by atoms with Gasteiger partial charge in [0.25, 0.3) is 5.91 Å². The topological polar surface area (TPSA) is 72.2 Å². The number of fused-ring (bicyclic) bond motifs is 2. The van der Waals surface area contributed by atoms with Crippen molar-refractivity contribution >= 4 is 38.2 Å². The van der Waals surface area contributed by atoms with Crippen molar-refractivity contribution in [2.75, 3.05) is 5.32 Å². The fraction of sp³-hybridized carbons (Fsp3) is 0.125. The van der Waals surface area contributed by atoms with Crippen molar-refractivity contribution in [3.8, 4) is 0 Å². The molecule has 0 bridgehead atoms. The Morgan fingerprint density at radius 3 is 2.83 bits per heavy atom. The molecule has 0 unspecified atom stereocenters. The molecule has 1 N–H and O–H groups in total. The molecule has 23 heavy (non-hydrogen) atoms. The first kappa shape index (κ1) is 13.8. The van der Waals surface area contributed by atoms with Gasteiger partial charge in [0.15, 0.2) is 10.8 Å². The van der Waals surface area contributed by atoms with Crippen LogP contribution in [0.25, 0.3) is 15.9 Å². The number of carbonyl (C=O) groups is 1. The summed E-state index contributed by atoms with van der Waals surface area (Å²) in [5.74, 6) is -0.199. The van der Waals surface area contributed by atoms with Crippen LogP contribution in [0.2, 0.25) is 0 Å². The van der Waals surface area contributed by atoms with E-state index in [1.807, 2.05) is 19.9 Å². The average Bonchev–Trinajstić information content (AvgIpc) is 3.17. The molecular weight excluding hydrogens is 310 g/mol. The van der Waals surface area contributed by atoms with Gasteiger partial charge in [-0.25, -0.2) is 4.98 Å². The molecule has 4 aromatic rings. The van der Waals surface area contributed by atoms with Gasteiger partial charge in [-0.1, -0.05) is 23.5 Å². The zero-order chi connectivity index (χ0) is 16.0. The van der Waals surface area contributed by atoms with Gasteiger partial charge in [0.1, 0.15) is 6.33 Å². The zero-order valence-corrected chi connectivity index (χ0v) is 13.4. The first-order chi connectivity index (χ1) is 11.1. The van der Waals surface area contributed by atoms with E-state index in [0.29, 0.717) is 16.3 Å². The summed E-state index contributed by atoms with van der Waals surface area (Å²) >= 11 is 1.49. The first-order valence-electron chi connectivity index (χ1n) is 7.09. The number of anilines is 1. The van der Waals surface area contributed by atoms with Crippen LogP contribution in [0.15, 0.2) is 36.8 Å². The molecule has 0 saturated heterocycles. The van der Waals surface area contributed by atoms with E-state index < -0.39 is 0 Å². The molecule has 1 amide bonds. The van der Waals surface area contributed by atoms with E-state index in [4.69, 9.17) is 0 Å². The second-order valence-electron chi connectivity index (χ2n) is 5.36. The van der Waals surface area contributed by atoms with Gasteiger partial charge in [-0.2, -0.15) is 0 Å². The quantitative estimate of drug-likeness (QED) is 0.615. The van der Waals surface area contributed by atoms with Crippen LogP contribution in [-0.2, 0) is 0 Å². The van der Waals surface area contributed by atoms with Crippen LogP contribution < -0.4 is 5.32 Å². The highest BCUT2D eigenvalue weighted by Gasteiger charge is 2.13. The zero-order valence-electron chi connectivity index (χ0n) is 12.6. The molecule has 3 aromatic heterocycles. The van der Waals surface area contributed by atoms with E-state index in [2.05, 4.69) is 26.6 Å². The van der Waals surface area contributed by atoms with Crippen LogP contribution in [0.1, 0.15) is 21.5 Å². The van der Waals surface area contributed by atoms with Crippen LogP contribution >= 0.6 is 11.3 Å². The van der Waals surface area contributed by atoms with Crippen molar-refractivity contribution < 1.29 is 4.79 Å². The maximum absolute atomic E-state index is 12.4. The molecule has 0 aliphatic heterocycles. The number of hydrogen-bond donors (Lipinski definition) is 1. The summed E-state index contributed by atoms with van der Waals surface area (Å²) < 4.78 is 2.82. The predicted molar refractivity (Wildman–Crippen MR) is 90.0 cm³/mol. The van der Waals surface area contributed by atoms with Crippen molar-refractivity contribution in [1.82, 2.24) is 19.6 Å². The number of amides is 1. The van der Waals surface area contributed by atoms with E-state index in [1.165, 1.54) is 11.3 Å². The van der Waals surface area contributed by atoms with Crippen LogP contribution in [0.5, 0.6) is 0 Å². The van der Waals surface area contributed by atoms with E-state index >= 15 is 0 Å². The highest BCUT2D eigenvalue weighted by Crippen LogP contribution is 2.31. The highest BCUT2D eigenvalue weighted by molar-refractivity contribution is 7.22. The Bertz CT molecular complexity index is 1010. The normalized spacial score (nSPS) is 11.2. The molecule has 0 aliphatic carbocycles. The number of nitrogens with one attached hydrogen (secondary N) is 1. The number of pyridine rings is 1. The largest absolute Gasteiger partial charge is 0.298 e. The summed E-state index contributed by atoms with van der Waals surface area (Å²) in [5.41, 5.74) is 4.44. The lowest BCUT2D eigenvalue weighted by atomic mass is 10.1. The van der Waals surface area contributed by atoms with Gasteiger partial charge in [0.05, 0.1) is 15.8 Å². The smallest absolute Gasteiger partial charge is 0.258 e. The Morgan fingerprint density at radius 2 is 2.00 bits per heavy atom. The summed E-state index contributed by atoms with van der Waals surface area (Å²) in [6.07, 6.45) is 3.27. The average molecular weight is 323 g/mol. The van der Waals surface area contributed by atoms with Gasteiger partial charge < -0.3 is 0 Å². The first-order valence-corrected chi connectivity index (χ1v) is 7.91. The molecular formula is C16H13N5OS. The van der Waals surface area contributed by atoms with Gasteiger partial charge in [-0.15, -0.1) is 10.2 Å². The number of aromatic nitrogens is 4. The van der Waals surface area contributed by atoms with Crippen molar-refractivity contribution in [2.24, 2.45) is 0 Å². The third kappa shape index (κ3) is 2.35. The maximum atomic E-state index is 12.4. The SMILES string of the molecule is Cc1ccc(C)c2sc(NC(=O)c3ccc4nncn4c3)nc12. The van der Waals surface area contributed by atoms with E-state index in [-0.39, 0.29) is 5.91 Å². The standard InChI is InChI=1S/C16H13N5OS/c1-9-3-4-10(2)14-13(9)18-16(23-14)19-15(22)11-5-6-12-20-17-8-21(12)7-11/h3-8H,1-2H3,(H,18,19,22). The summed E-state index contributed by atoms with van der Waals surface area (Å²) in [5, 5.41) is 11.2. The second kappa shape index (κ2) is 5.13. The molecule has 0 saturated carbocycles. The van der Waals surface area contributed by atoms with Gasteiger partial charge in [0.2, 0.25) is 0 Å². The van der Waals surface area contributed by atoms with Crippen molar-refractivity contribution in [3.05, 3.63) is 53.5 Å². The van der Waals surface area contributed by atoms with Crippen LogP contribution in [-0.4, -0.2) is 25.5 Å². The number of thiazole rings is 1.